The summed E-state index contributed by atoms with van der Waals surface area (Å²) in [6.07, 6.45) is 7.79. The van der Waals surface area contributed by atoms with E-state index in [-0.39, 0.29) is 10.8 Å². The van der Waals surface area contributed by atoms with E-state index in [2.05, 4.69) is 282 Å². The number of allylic oxidation sites excluding steroid dienone is 4. The van der Waals surface area contributed by atoms with E-state index in [1.807, 2.05) is 0 Å². The standard InChI is InChI=1S/C74H58N2/c1-7-9-21-48(8-2)76-68-41-36-47(42-58(68)59-44-57-54-25-11-16-28-61(54)73(5,6)67(57)45-70(59)76)46-34-37-49(38-35-46)75(50-39-40-55-51-22-10-15-27-60(51)72(3,4)66(55)43-50)69-33-20-32-65-71(69)56-26-14-19-31-64(56)74(65)62-29-17-12-23-52(62)53-24-13-18-30-63(53)74/h8-45H,7H2,1-6H3/b21-9-,48-8+. The smallest absolute Gasteiger partial charge is 0.0726 e. The summed E-state index contributed by atoms with van der Waals surface area (Å²) in [4.78, 5) is 2.55. The molecule has 0 aliphatic heterocycles. The van der Waals surface area contributed by atoms with Gasteiger partial charge in [0.15, 0.2) is 0 Å². The molecule has 0 unspecified atom stereocenters. The number of aromatic nitrogens is 1. The van der Waals surface area contributed by atoms with Crippen molar-refractivity contribution >= 4 is 44.6 Å². The van der Waals surface area contributed by atoms with E-state index in [1.165, 1.54) is 133 Å². The molecule has 364 valence electrons. The van der Waals surface area contributed by atoms with E-state index < -0.39 is 5.41 Å². The van der Waals surface area contributed by atoms with Crippen molar-refractivity contribution in [2.24, 2.45) is 0 Å². The monoisotopic (exact) mass is 974 g/mol. The minimum Gasteiger partial charge on any atom is -0.310 e. The molecule has 0 fully saturated rings. The van der Waals surface area contributed by atoms with Gasteiger partial charge in [-0.1, -0.05) is 204 Å². The molecule has 4 aliphatic rings. The van der Waals surface area contributed by atoms with Crippen LogP contribution in [0.25, 0.3) is 83.1 Å². The summed E-state index contributed by atoms with van der Waals surface area (Å²) in [5.41, 5.74) is 30.2. The third-order valence-electron chi connectivity index (χ3n) is 18.1. The second-order valence-electron chi connectivity index (χ2n) is 22.5. The number of fused-ring (bicyclic) bond motifs is 19. The van der Waals surface area contributed by atoms with Crippen LogP contribution in [0.15, 0.2) is 231 Å². The zero-order chi connectivity index (χ0) is 51.2. The van der Waals surface area contributed by atoms with Crippen molar-refractivity contribution in [1.82, 2.24) is 4.57 Å². The molecule has 0 atom stereocenters. The Morgan fingerprint density at radius 1 is 0.421 bits per heavy atom. The lowest BCUT2D eigenvalue weighted by Gasteiger charge is -2.32. The number of hydrogen-bond donors (Lipinski definition) is 0. The second-order valence-corrected chi connectivity index (χ2v) is 22.5. The molecule has 0 saturated heterocycles. The van der Waals surface area contributed by atoms with Crippen molar-refractivity contribution in [1.29, 1.82) is 0 Å². The van der Waals surface area contributed by atoms with E-state index in [0.717, 1.165) is 17.8 Å². The SMILES string of the molecule is C/C=C(\C=C/CC)n1c2ccc(-c3ccc(N(c4ccc5c(c4)C(C)(C)c4ccccc4-5)c4cccc5c4-c4ccccc4C54c5ccccc5-c5ccccc54)cc3)cc2c2cc3c(cc21)C(C)(C)c1ccccc1-3. The van der Waals surface area contributed by atoms with Crippen LogP contribution in [0, 0.1) is 0 Å². The van der Waals surface area contributed by atoms with Crippen LogP contribution in [-0.2, 0) is 16.2 Å². The van der Waals surface area contributed by atoms with Crippen LogP contribution in [0.2, 0.25) is 0 Å². The lowest BCUT2D eigenvalue weighted by molar-refractivity contribution is 0.660. The molecule has 1 heterocycles. The summed E-state index contributed by atoms with van der Waals surface area (Å²) < 4.78 is 2.49. The van der Waals surface area contributed by atoms with Crippen LogP contribution in [0.5, 0.6) is 0 Å². The Labute approximate surface area is 446 Å². The average molecular weight is 975 g/mol. The predicted octanol–water partition coefficient (Wildman–Crippen LogP) is 19.7. The van der Waals surface area contributed by atoms with Crippen LogP contribution >= 0.6 is 0 Å². The number of anilines is 3. The van der Waals surface area contributed by atoms with Gasteiger partial charge < -0.3 is 9.47 Å². The highest BCUT2D eigenvalue weighted by molar-refractivity contribution is 6.14. The number of benzene rings is 10. The largest absolute Gasteiger partial charge is 0.310 e. The first-order chi connectivity index (χ1) is 37.1. The third-order valence-corrected chi connectivity index (χ3v) is 18.1. The summed E-state index contributed by atoms with van der Waals surface area (Å²) >= 11 is 0. The molecule has 2 heteroatoms. The average Bonchev–Trinajstić information content (AvgIpc) is 4.24. The van der Waals surface area contributed by atoms with Gasteiger partial charge in [-0.3, -0.25) is 0 Å². The molecule has 1 spiro atoms. The van der Waals surface area contributed by atoms with Crippen molar-refractivity contribution in [2.45, 2.75) is 64.2 Å². The normalized spacial score (nSPS) is 15.4. The highest BCUT2D eigenvalue weighted by Gasteiger charge is 2.52. The molecule has 10 aromatic carbocycles. The number of nitrogens with zero attached hydrogens (tertiary/aromatic N) is 2. The quantitative estimate of drug-likeness (QED) is 0.145. The van der Waals surface area contributed by atoms with Gasteiger partial charge in [0.05, 0.1) is 22.1 Å². The molecular weight excluding hydrogens is 917 g/mol. The van der Waals surface area contributed by atoms with Crippen LogP contribution in [-0.4, -0.2) is 4.57 Å². The van der Waals surface area contributed by atoms with Gasteiger partial charge in [-0.15, -0.1) is 0 Å². The van der Waals surface area contributed by atoms with E-state index in [0.29, 0.717) is 0 Å². The van der Waals surface area contributed by atoms with E-state index >= 15 is 0 Å². The Balaban J connectivity index is 0.925. The molecule has 0 saturated carbocycles. The molecule has 11 aromatic rings. The van der Waals surface area contributed by atoms with Crippen LogP contribution in [0.1, 0.15) is 92.5 Å². The lowest BCUT2D eigenvalue weighted by atomic mass is 9.70. The molecule has 4 aliphatic carbocycles. The van der Waals surface area contributed by atoms with Crippen molar-refractivity contribution in [3.63, 3.8) is 0 Å². The zero-order valence-corrected chi connectivity index (χ0v) is 44.0. The Morgan fingerprint density at radius 2 is 0.921 bits per heavy atom. The maximum atomic E-state index is 2.55. The molecule has 1 aromatic heterocycles. The van der Waals surface area contributed by atoms with Crippen LogP contribution in [0.4, 0.5) is 17.1 Å². The lowest BCUT2D eigenvalue weighted by Crippen LogP contribution is -2.26. The molecule has 2 nitrogen and oxygen atoms in total. The molecule has 15 rings (SSSR count). The van der Waals surface area contributed by atoms with Gasteiger partial charge in [0.1, 0.15) is 0 Å². The summed E-state index contributed by atoms with van der Waals surface area (Å²) in [6.45, 7) is 13.9. The number of hydrogen-bond acceptors (Lipinski definition) is 1. The summed E-state index contributed by atoms with van der Waals surface area (Å²) in [7, 11) is 0. The molecule has 76 heavy (non-hydrogen) atoms. The van der Waals surface area contributed by atoms with Crippen molar-refractivity contribution in [3.8, 4) is 55.6 Å². The van der Waals surface area contributed by atoms with Gasteiger partial charge in [0, 0.05) is 44.2 Å². The summed E-state index contributed by atoms with van der Waals surface area (Å²) in [5.74, 6) is 0. The van der Waals surface area contributed by atoms with Crippen molar-refractivity contribution in [2.75, 3.05) is 4.90 Å². The zero-order valence-electron chi connectivity index (χ0n) is 44.0. The Bertz CT molecular complexity index is 4290. The molecule has 0 radical (unpaired) electrons. The Morgan fingerprint density at radius 3 is 1.55 bits per heavy atom. The number of rotatable bonds is 7. The Hall–Kier alpha value is -8.72. The van der Waals surface area contributed by atoms with Crippen LogP contribution in [0.3, 0.4) is 0 Å². The Kier molecular flexibility index (Phi) is 9.50. The topological polar surface area (TPSA) is 8.17 Å². The van der Waals surface area contributed by atoms with Gasteiger partial charge in [-0.2, -0.15) is 0 Å². The molecule has 0 bridgehead atoms. The fourth-order valence-corrected chi connectivity index (χ4v) is 14.6. The predicted molar refractivity (Wildman–Crippen MR) is 320 cm³/mol. The fourth-order valence-electron chi connectivity index (χ4n) is 14.6. The summed E-state index contributed by atoms with van der Waals surface area (Å²) in [5, 5.41) is 2.54. The van der Waals surface area contributed by atoms with Gasteiger partial charge in [-0.25, -0.2) is 0 Å². The van der Waals surface area contributed by atoms with Gasteiger partial charge in [0.25, 0.3) is 0 Å². The van der Waals surface area contributed by atoms with Crippen LogP contribution < -0.4 is 4.90 Å². The van der Waals surface area contributed by atoms with Crippen molar-refractivity contribution < 1.29 is 0 Å². The van der Waals surface area contributed by atoms with Gasteiger partial charge in [0.2, 0.25) is 0 Å². The molecule has 0 amide bonds. The second kappa shape index (κ2) is 16.1. The molecular formula is C74H58N2. The van der Waals surface area contributed by atoms with E-state index in [9.17, 15) is 0 Å². The first-order valence-corrected chi connectivity index (χ1v) is 27.3. The van der Waals surface area contributed by atoms with E-state index in [1.54, 1.807) is 0 Å². The van der Waals surface area contributed by atoms with Crippen molar-refractivity contribution in [3.05, 3.63) is 275 Å². The highest BCUT2D eigenvalue weighted by Crippen LogP contribution is 2.65. The minimum atomic E-state index is -0.451. The van der Waals surface area contributed by atoms with E-state index in [4.69, 9.17) is 0 Å². The first kappa shape index (κ1) is 44.7. The minimum absolute atomic E-state index is 0.101. The van der Waals surface area contributed by atoms with Gasteiger partial charge in [-0.05, 0) is 169 Å². The third kappa shape index (κ3) is 5.87. The summed E-state index contributed by atoms with van der Waals surface area (Å²) in [6, 6.07) is 81.1. The highest BCUT2D eigenvalue weighted by atomic mass is 15.1. The maximum Gasteiger partial charge on any atom is 0.0726 e. The molecule has 0 N–H and O–H groups in total. The first-order valence-electron chi connectivity index (χ1n) is 27.3. The fraction of sp³-hybridized carbons (Fsp3) is 0.135. The maximum absolute atomic E-state index is 2.55. The van der Waals surface area contributed by atoms with Gasteiger partial charge >= 0.3 is 0 Å².